The number of amides is 2. The minimum Gasteiger partial charge on any atom is -0.493 e. The normalized spacial score (nSPS) is 10.9. The number of carbonyl (C=O) groups excluding carboxylic acids is 2. The highest BCUT2D eigenvalue weighted by molar-refractivity contribution is 7.10. The molecular weight excluding hydrogens is 328 g/mol. The fourth-order valence-electron chi connectivity index (χ4n) is 1.98. The van der Waals surface area contributed by atoms with Gasteiger partial charge in [-0.3, -0.25) is 9.59 Å². The van der Waals surface area contributed by atoms with Gasteiger partial charge >= 0.3 is 0 Å². The van der Waals surface area contributed by atoms with Gasteiger partial charge in [-0.25, -0.2) is 0 Å². The zero-order chi connectivity index (χ0) is 17.5. The highest BCUT2D eigenvalue weighted by Gasteiger charge is 2.15. The van der Waals surface area contributed by atoms with Crippen molar-refractivity contribution in [2.75, 3.05) is 21.3 Å². The van der Waals surface area contributed by atoms with Crippen LogP contribution in [0.4, 0.5) is 0 Å². The van der Waals surface area contributed by atoms with E-state index < -0.39 is 5.91 Å². The van der Waals surface area contributed by atoms with Gasteiger partial charge in [0.15, 0.2) is 11.5 Å². The molecule has 1 heterocycles. The van der Waals surface area contributed by atoms with Gasteiger partial charge in [-0.2, -0.15) is 0 Å². The van der Waals surface area contributed by atoms with E-state index in [-0.39, 0.29) is 11.6 Å². The van der Waals surface area contributed by atoms with Crippen LogP contribution in [-0.2, 0) is 4.79 Å². The van der Waals surface area contributed by atoms with Gasteiger partial charge in [-0.05, 0) is 35.7 Å². The number of carbonyl (C=O) groups is 2. The molecule has 2 N–H and O–H groups in total. The molecule has 0 aliphatic rings. The maximum absolute atomic E-state index is 12.4. The third kappa shape index (κ3) is 4.14. The SMILES string of the molecule is CNC(=O)/C(=C/c1cccs1)NC(=O)c1ccc(OC)c(OC)c1. The van der Waals surface area contributed by atoms with Crippen molar-refractivity contribution in [3.63, 3.8) is 0 Å². The summed E-state index contributed by atoms with van der Waals surface area (Å²) < 4.78 is 10.3. The molecule has 6 nitrogen and oxygen atoms in total. The topological polar surface area (TPSA) is 76.7 Å². The lowest BCUT2D eigenvalue weighted by atomic mass is 10.1. The summed E-state index contributed by atoms with van der Waals surface area (Å²) in [7, 11) is 4.52. The predicted molar refractivity (Wildman–Crippen MR) is 93.4 cm³/mol. The van der Waals surface area contributed by atoms with Crippen LogP contribution in [0.15, 0.2) is 41.4 Å². The number of methoxy groups -OCH3 is 2. The molecule has 126 valence electrons. The number of hydrogen-bond acceptors (Lipinski definition) is 5. The Morgan fingerprint density at radius 2 is 1.88 bits per heavy atom. The van der Waals surface area contributed by atoms with Crippen LogP contribution >= 0.6 is 11.3 Å². The summed E-state index contributed by atoms with van der Waals surface area (Å²) in [5.41, 5.74) is 0.522. The first-order valence-electron chi connectivity index (χ1n) is 7.09. The minimum absolute atomic E-state index is 0.166. The number of ether oxygens (including phenoxy) is 2. The van der Waals surface area contributed by atoms with Gasteiger partial charge in [-0.1, -0.05) is 6.07 Å². The van der Waals surface area contributed by atoms with Crippen LogP contribution in [0.5, 0.6) is 11.5 Å². The molecule has 0 saturated carbocycles. The Morgan fingerprint density at radius 1 is 1.12 bits per heavy atom. The molecule has 7 heteroatoms. The molecule has 0 radical (unpaired) electrons. The van der Waals surface area contributed by atoms with Crippen LogP contribution in [-0.4, -0.2) is 33.1 Å². The lowest BCUT2D eigenvalue weighted by Crippen LogP contribution is -2.33. The Labute approximate surface area is 144 Å². The fourth-order valence-corrected chi connectivity index (χ4v) is 2.64. The van der Waals surface area contributed by atoms with E-state index in [1.807, 2.05) is 17.5 Å². The molecule has 2 aromatic rings. The fraction of sp³-hybridized carbons (Fsp3) is 0.176. The van der Waals surface area contributed by atoms with Crippen LogP contribution in [0.2, 0.25) is 0 Å². The van der Waals surface area contributed by atoms with E-state index in [9.17, 15) is 9.59 Å². The molecule has 0 aliphatic carbocycles. The largest absolute Gasteiger partial charge is 0.493 e. The van der Waals surface area contributed by atoms with E-state index in [0.717, 1.165) is 4.88 Å². The highest BCUT2D eigenvalue weighted by atomic mass is 32.1. The van der Waals surface area contributed by atoms with Gasteiger partial charge in [0.1, 0.15) is 5.70 Å². The number of hydrogen-bond donors (Lipinski definition) is 2. The molecule has 2 amide bonds. The van der Waals surface area contributed by atoms with Gasteiger partial charge in [0.25, 0.3) is 11.8 Å². The molecule has 0 spiro atoms. The van der Waals surface area contributed by atoms with E-state index >= 15 is 0 Å². The second-order valence-electron chi connectivity index (χ2n) is 4.68. The quantitative estimate of drug-likeness (QED) is 0.787. The Kier molecular flexibility index (Phi) is 5.97. The van der Waals surface area contributed by atoms with Crippen molar-refractivity contribution in [3.05, 3.63) is 51.8 Å². The van der Waals surface area contributed by atoms with E-state index in [2.05, 4.69) is 10.6 Å². The van der Waals surface area contributed by atoms with E-state index in [0.29, 0.717) is 17.1 Å². The molecule has 1 aromatic heterocycles. The first kappa shape index (κ1) is 17.6. The molecule has 0 aliphatic heterocycles. The predicted octanol–water partition coefficient (Wildman–Crippen LogP) is 2.28. The van der Waals surface area contributed by atoms with Crippen LogP contribution in [0.3, 0.4) is 0 Å². The van der Waals surface area contributed by atoms with Gasteiger partial charge in [-0.15, -0.1) is 11.3 Å². The standard InChI is InChI=1S/C17H18N2O4S/c1-18-17(21)13(10-12-5-4-8-24-12)19-16(20)11-6-7-14(22-2)15(9-11)23-3/h4-10H,1-3H3,(H,18,21)(H,19,20)/b13-10-. The zero-order valence-corrected chi connectivity index (χ0v) is 14.4. The Balaban J connectivity index is 2.26. The number of thiophene rings is 1. The molecule has 0 atom stereocenters. The number of rotatable bonds is 6. The third-order valence-corrected chi connectivity index (χ3v) is 4.01. The Morgan fingerprint density at radius 3 is 2.46 bits per heavy atom. The second-order valence-corrected chi connectivity index (χ2v) is 5.66. The molecule has 0 bridgehead atoms. The van der Waals surface area contributed by atoms with Crippen LogP contribution < -0.4 is 20.1 Å². The van der Waals surface area contributed by atoms with Gasteiger partial charge in [0, 0.05) is 17.5 Å². The summed E-state index contributed by atoms with van der Waals surface area (Å²) in [4.78, 5) is 25.3. The Bertz CT molecular complexity index is 754. The smallest absolute Gasteiger partial charge is 0.267 e. The molecular formula is C17H18N2O4S. The highest BCUT2D eigenvalue weighted by Crippen LogP contribution is 2.27. The van der Waals surface area contributed by atoms with Crippen molar-refractivity contribution >= 4 is 29.2 Å². The van der Waals surface area contributed by atoms with Crippen molar-refractivity contribution in [2.45, 2.75) is 0 Å². The average molecular weight is 346 g/mol. The molecule has 0 saturated heterocycles. The van der Waals surface area contributed by atoms with Crippen LogP contribution in [0.25, 0.3) is 6.08 Å². The first-order valence-corrected chi connectivity index (χ1v) is 7.97. The van der Waals surface area contributed by atoms with Gasteiger partial charge in [0.05, 0.1) is 14.2 Å². The van der Waals surface area contributed by atoms with E-state index in [4.69, 9.17) is 9.47 Å². The van der Waals surface area contributed by atoms with Crippen molar-refractivity contribution in [1.29, 1.82) is 0 Å². The lowest BCUT2D eigenvalue weighted by Gasteiger charge is -2.11. The number of likely N-dealkylation sites (N-methyl/N-ethyl adjacent to an activating group) is 1. The molecule has 24 heavy (non-hydrogen) atoms. The van der Waals surface area contributed by atoms with E-state index in [1.54, 1.807) is 24.3 Å². The maximum atomic E-state index is 12.4. The van der Waals surface area contributed by atoms with Crippen molar-refractivity contribution in [1.82, 2.24) is 10.6 Å². The summed E-state index contributed by atoms with van der Waals surface area (Å²) in [6.45, 7) is 0. The molecule has 0 fully saturated rings. The van der Waals surface area contributed by atoms with Crippen LogP contribution in [0, 0.1) is 0 Å². The summed E-state index contributed by atoms with van der Waals surface area (Å²) in [6.07, 6.45) is 1.63. The second kappa shape index (κ2) is 8.16. The summed E-state index contributed by atoms with van der Waals surface area (Å²) in [6, 6.07) is 8.52. The molecule has 1 aromatic carbocycles. The number of nitrogens with one attached hydrogen (secondary N) is 2. The maximum Gasteiger partial charge on any atom is 0.267 e. The van der Waals surface area contributed by atoms with Crippen molar-refractivity contribution < 1.29 is 19.1 Å². The zero-order valence-electron chi connectivity index (χ0n) is 13.6. The molecule has 0 unspecified atom stereocenters. The monoisotopic (exact) mass is 346 g/mol. The number of benzene rings is 1. The van der Waals surface area contributed by atoms with Crippen LogP contribution in [0.1, 0.15) is 15.2 Å². The van der Waals surface area contributed by atoms with Crippen molar-refractivity contribution in [2.24, 2.45) is 0 Å². The summed E-state index contributed by atoms with van der Waals surface area (Å²) >= 11 is 1.47. The first-order chi connectivity index (χ1) is 11.6. The Hall–Kier alpha value is -2.80. The van der Waals surface area contributed by atoms with Gasteiger partial charge < -0.3 is 20.1 Å². The lowest BCUT2D eigenvalue weighted by molar-refractivity contribution is -0.117. The summed E-state index contributed by atoms with van der Waals surface area (Å²) in [5, 5.41) is 7.04. The summed E-state index contributed by atoms with van der Waals surface area (Å²) in [5.74, 6) is 0.170. The minimum atomic E-state index is -0.414. The third-order valence-electron chi connectivity index (χ3n) is 3.20. The van der Waals surface area contributed by atoms with E-state index in [1.165, 1.54) is 32.6 Å². The average Bonchev–Trinajstić information content (AvgIpc) is 3.12. The van der Waals surface area contributed by atoms with Gasteiger partial charge in [0.2, 0.25) is 0 Å². The molecule has 2 rings (SSSR count). The van der Waals surface area contributed by atoms with Crippen molar-refractivity contribution in [3.8, 4) is 11.5 Å².